The molecule has 0 amide bonds. The van der Waals surface area contributed by atoms with Crippen molar-refractivity contribution in [3.05, 3.63) is 39.8 Å². The molecule has 1 nitrogen and oxygen atoms in total. The van der Waals surface area contributed by atoms with Crippen LogP contribution in [-0.4, -0.2) is 4.21 Å². The predicted octanol–water partition coefficient (Wildman–Crippen LogP) is 4.13. The molecule has 1 fully saturated rings. The molecule has 1 aliphatic carbocycles. The van der Waals surface area contributed by atoms with Gasteiger partial charge in [0, 0.05) is 4.90 Å². The van der Waals surface area contributed by atoms with Crippen molar-refractivity contribution in [2.24, 2.45) is 0 Å². The molecule has 1 aromatic rings. The highest BCUT2D eigenvalue weighted by molar-refractivity contribution is 7.90. The minimum absolute atomic E-state index is 0.557. The third-order valence-corrected chi connectivity index (χ3v) is 4.89. The van der Waals surface area contributed by atoms with Crippen LogP contribution in [-0.2, 0) is 10.8 Å². The number of allylic oxidation sites excluding steroid dienone is 1. The van der Waals surface area contributed by atoms with E-state index in [1.165, 1.54) is 24.0 Å². The molecule has 0 bridgehead atoms. The Kier molecular flexibility index (Phi) is 3.82. The lowest BCUT2D eigenvalue weighted by molar-refractivity contribution is 0.687. The first-order valence-electron chi connectivity index (χ1n) is 5.54. The number of benzene rings is 1. The summed E-state index contributed by atoms with van der Waals surface area (Å²) in [4.78, 5) is 0.801. The second-order valence-corrected chi connectivity index (χ2v) is 6.19. The van der Waals surface area contributed by atoms with Crippen LogP contribution in [0.25, 0.3) is 0 Å². The first-order chi connectivity index (χ1) is 7.68. The fourth-order valence-electron chi connectivity index (χ4n) is 1.89. The molecule has 0 heterocycles. The average molecular weight is 255 g/mol. The highest BCUT2D eigenvalue weighted by atomic mass is 35.5. The molecule has 16 heavy (non-hydrogen) atoms. The largest absolute Gasteiger partial charge is 0.248 e. The fourth-order valence-corrected chi connectivity index (χ4v) is 3.41. The van der Waals surface area contributed by atoms with Gasteiger partial charge in [0.05, 0.1) is 10.8 Å². The summed E-state index contributed by atoms with van der Waals surface area (Å²) in [7, 11) is -1.18. The number of rotatable bonds is 2. The van der Waals surface area contributed by atoms with Gasteiger partial charge in [-0.15, -0.1) is 0 Å². The molecular weight excluding hydrogens is 240 g/mol. The first-order valence-corrected chi connectivity index (χ1v) is 7.07. The minimum Gasteiger partial charge on any atom is -0.248 e. The van der Waals surface area contributed by atoms with Gasteiger partial charge in [0.15, 0.2) is 0 Å². The molecule has 1 aliphatic rings. The van der Waals surface area contributed by atoms with Crippen LogP contribution in [0.4, 0.5) is 0 Å². The molecule has 0 spiro atoms. The Morgan fingerprint density at radius 1 is 1.19 bits per heavy atom. The zero-order valence-corrected chi connectivity index (χ0v) is 10.9. The normalized spacial score (nSPS) is 17.5. The second kappa shape index (κ2) is 5.15. The van der Waals surface area contributed by atoms with Gasteiger partial charge in [0.2, 0.25) is 0 Å². The first kappa shape index (κ1) is 11.9. The maximum Gasteiger partial charge on any atom is 0.109 e. The fraction of sp³-hybridized carbons (Fsp3) is 0.385. The standard InChI is InChI=1S/C13H15ClOS/c1-10-6-8-12(9-7-10)16(15)13(14)11-4-2-3-5-11/h6-9H,2-5H2,1H3. The Hall–Kier alpha value is -0.600. The molecule has 3 heteroatoms. The van der Waals surface area contributed by atoms with Gasteiger partial charge in [0.25, 0.3) is 0 Å². The van der Waals surface area contributed by atoms with E-state index in [2.05, 4.69) is 0 Å². The summed E-state index contributed by atoms with van der Waals surface area (Å²) in [6.07, 6.45) is 4.38. The number of aryl methyl sites for hydroxylation is 1. The van der Waals surface area contributed by atoms with Crippen LogP contribution in [0, 0.1) is 6.92 Å². The van der Waals surface area contributed by atoms with E-state index >= 15 is 0 Å². The highest BCUT2D eigenvalue weighted by Gasteiger charge is 2.16. The van der Waals surface area contributed by atoms with E-state index in [0.29, 0.717) is 4.36 Å². The number of hydrogen-bond donors (Lipinski definition) is 0. The lowest BCUT2D eigenvalue weighted by Crippen LogP contribution is -1.94. The Morgan fingerprint density at radius 2 is 1.75 bits per heavy atom. The summed E-state index contributed by atoms with van der Waals surface area (Å²) >= 11 is 6.19. The topological polar surface area (TPSA) is 17.1 Å². The van der Waals surface area contributed by atoms with Gasteiger partial charge in [-0.3, -0.25) is 0 Å². The van der Waals surface area contributed by atoms with Crippen molar-refractivity contribution >= 4 is 22.4 Å². The number of halogens is 1. The van der Waals surface area contributed by atoms with Crippen LogP contribution >= 0.6 is 11.6 Å². The van der Waals surface area contributed by atoms with Crippen molar-refractivity contribution in [1.82, 2.24) is 0 Å². The molecule has 2 rings (SSSR count). The van der Waals surface area contributed by atoms with Crippen molar-refractivity contribution in [2.45, 2.75) is 37.5 Å². The predicted molar refractivity (Wildman–Crippen MR) is 68.9 cm³/mol. The molecule has 0 aliphatic heterocycles. The van der Waals surface area contributed by atoms with E-state index in [9.17, 15) is 4.21 Å². The molecule has 1 atom stereocenters. The summed E-state index contributed by atoms with van der Waals surface area (Å²) in [5.74, 6) is 0. The SMILES string of the molecule is Cc1ccc(S(=O)C(Cl)=C2CCCC2)cc1. The van der Waals surface area contributed by atoms with Crippen molar-refractivity contribution in [3.8, 4) is 0 Å². The van der Waals surface area contributed by atoms with Gasteiger partial charge in [0.1, 0.15) is 4.36 Å². The quantitative estimate of drug-likeness (QED) is 0.776. The van der Waals surface area contributed by atoms with Crippen molar-refractivity contribution in [1.29, 1.82) is 0 Å². The van der Waals surface area contributed by atoms with Crippen LogP contribution in [0.5, 0.6) is 0 Å². The maximum atomic E-state index is 12.2. The van der Waals surface area contributed by atoms with Gasteiger partial charge in [-0.05, 0) is 50.3 Å². The molecule has 1 saturated carbocycles. The van der Waals surface area contributed by atoms with E-state index in [4.69, 9.17) is 11.6 Å². The lowest BCUT2D eigenvalue weighted by Gasteiger charge is -2.04. The third-order valence-electron chi connectivity index (χ3n) is 2.88. The average Bonchev–Trinajstić information content (AvgIpc) is 2.81. The van der Waals surface area contributed by atoms with Crippen LogP contribution in [0.1, 0.15) is 31.2 Å². The zero-order chi connectivity index (χ0) is 11.5. The van der Waals surface area contributed by atoms with E-state index in [1.54, 1.807) is 0 Å². The van der Waals surface area contributed by atoms with Gasteiger partial charge in [-0.2, -0.15) is 0 Å². The Balaban J connectivity index is 2.25. The molecule has 0 saturated heterocycles. The van der Waals surface area contributed by atoms with Crippen LogP contribution < -0.4 is 0 Å². The smallest absolute Gasteiger partial charge is 0.109 e. The van der Waals surface area contributed by atoms with Gasteiger partial charge >= 0.3 is 0 Å². The van der Waals surface area contributed by atoms with E-state index in [-0.39, 0.29) is 0 Å². The number of hydrogen-bond acceptors (Lipinski definition) is 1. The molecular formula is C13H15ClOS. The molecule has 1 aromatic carbocycles. The van der Waals surface area contributed by atoms with Gasteiger partial charge < -0.3 is 0 Å². The van der Waals surface area contributed by atoms with E-state index in [1.807, 2.05) is 31.2 Å². The molecule has 0 aromatic heterocycles. The second-order valence-electron chi connectivity index (χ2n) is 4.17. The van der Waals surface area contributed by atoms with Crippen LogP contribution in [0.2, 0.25) is 0 Å². The van der Waals surface area contributed by atoms with Crippen molar-refractivity contribution < 1.29 is 4.21 Å². The highest BCUT2D eigenvalue weighted by Crippen LogP contribution is 2.32. The van der Waals surface area contributed by atoms with Crippen LogP contribution in [0.15, 0.2) is 39.1 Å². The summed E-state index contributed by atoms with van der Waals surface area (Å²) in [5.41, 5.74) is 2.35. The summed E-state index contributed by atoms with van der Waals surface area (Å²) in [5, 5.41) is 0. The summed E-state index contributed by atoms with van der Waals surface area (Å²) in [6.45, 7) is 2.02. The monoisotopic (exact) mass is 254 g/mol. The van der Waals surface area contributed by atoms with Crippen molar-refractivity contribution in [2.75, 3.05) is 0 Å². The summed E-state index contributed by atoms with van der Waals surface area (Å²) in [6, 6.07) is 7.72. The zero-order valence-electron chi connectivity index (χ0n) is 9.33. The van der Waals surface area contributed by atoms with Gasteiger partial charge in [-0.1, -0.05) is 29.3 Å². The molecule has 1 unspecified atom stereocenters. The molecule has 0 N–H and O–H groups in total. The lowest BCUT2D eigenvalue weighted by atomic mass is 10.2. The molecule has 0 radical (unpaired) electrons. The Morgan fingerprint density at radius 3 is 2.31 bits per heavy atom. The van der Waals surface area contributed by atoms with Crippen molar-refractivity contribution in [3.63, 3.8) is 0 Å². The summed E-state index contributed by atoms with van der Waals surface area (Å²) < 4.78 is 12.7. The maximum absolute atomic E-state index is 12.2. The Labute approximate surface area is 104 Å². The van der Waals surface area contributed by atoms with Gasteiger partial charge in [-0.25, -0.2) is 4.21 Å². The van der Waals surface area contributed by atoms with E-state index in [0.717, 1.165) is 17.7 Å². The minimum atomic E-state index is -1.18. The third kappa shape index (κ3) is 2.55. The van der Waals surface area contributed by atoms with Crippen LogP contribution in [0.3, 0.4) is 0 Å². The molecule has 86 valence electrons. The van der Waals surface area contributed by atoms with E-state index < -0.39 is 10.8 Å². The Bertz CT molecular complexity index is 426.